The van der Waals surface area contributed by atoms with Crippen molar-refractivity contribution in [2.75, 3.05) is 46.2 Å². The number of methoxy groups -OCH3 is 1. The molecule has 0 heterocycles. The number of hydrogen-bond acceptors (Lipinski definition) is 4. The zero-order chi connectivity index (χ0) is 14.6. The zero-order valence-electron chi connectivity index (χ0n) is 12.4. The van der Waals surface area contributed by atoms with E-state index in [4.69, 9.17) is 4.74 Å². The molecule has 7 nitrogen and oxygen atoms in total. The molecule has 3 N–H and O–H groups in total. The van der Waals surface area contributed by atoms with Crippen LogP contribution in [0.3, 0.4) is 0 Å². The Morgan fingerprint density at radius 2 is 1.75 bits per heavy atom. The normalized spacial score (nSPS) is 11.8. The summed E-state index contributed by atoms with van der Waals surface area (Å²) in [6.45, 7) is 4.21. The molecule has 0 saturated carbocycles. The largest absolute Gasteiger partial charge is 0.385 e. The van der Waals surface area contributed by atoms with Crippen LogP contribution in [0.1, 0.15) is 19.8 Å². The van der Waals surface area contributed by atoms with Gasteiger partial charge in [0, 0.05) is 40.4 Å². The zero-order valence-corrected chi connectivity index (χ0v) is 15.6. The highest BCUT2D eigenvalue weighted by atomic mass is 127. The van der Waals surface area contributed by atoms with Crippen molar-refractivity contribution in [3.05, 3.63) is 0 Å². The van der Waals surface area contributed by atoms with Crippen LogP contribution in [0.25, 0.3) is 0 Å². The Hall–Kier alpha value is -0.130. The molecule has 0 unspecified atom stereocenters. The Balaban J connectivity index is 0. The molecule has 0 fully saturated rings. The molecule has 0 bridgehead atoms. The van der Waals surface area contributed by atoms with Crippen LogP contribution < -0.4 is 15.4 Å². The predicted octanol–water partition coefficient (Wildman–Crippen LogP) is 0.135. The molecule has 0 aliphatic heterocycles. The molecule has 9 heteroatoms. The highest BCUT2D eigenvalue weighted by molar-refractivity contribution is 14.0. The second kappa shape index (κ2) is 13.8. The van der Waals surface area contributed by atoms with Gasteiger partial charge in [-0.25, -0.2) is 13.1 Å². The van der Waals surface area contributed by atoms with E-state index in [2.05, 4.69) is 20.3 Å². The monoisotopic (exact) mass is 422 g/mol. The molecule has 0 aliphatic carbocycles. The molecule has 0 radical (unpaired) electrons. The van der Waals surface area contributed by atoms with Crippen LogP contribution in [0, 0.1) is 0 Å². The van der Waals surface area contributed by atoms with Crippen molar-refractivity contribution in [1.29, 1.82) is 0 Å². The Morgan fingerprint density at radius 1 is 1.15 bits per heavy atom. The predicted molar refractivity (Wildman–Crippen MR) is 93.4 cm³/mol. The summed E-state index contributed by atoms with van der Waals surface area (Å²) in [5.74, 6) is 0.831. The highest BCUT2D eigenvalue weighted by Gasteiger charge is 2.04. The average molecular weight is 422 g/mol. The van der Waals surface area contributed by atoms with Gasteiger partial charge in [-0.3, -0.25) is 4.99 Å². The first kappa shape index (κ1) is 22.2. The Morgan fingerprint density at radius 3 is 2.25 bits per heavy atom. The van der Waals surface area contributed by atoms with E-state index >= 15 is 0 Å². The first-order valence-corrected chi connectivity index (χ1v) is 8.11. The lowest BCUT2D eigenvalue weighted by molar-refractivity contribution is 0.195. The van der Waals surface area contributed by atoms with E-state index in [1.807, 2.05) is 0 Å². The molecule has 0 amide bonds. The molecule has 0 aromatic heterocycles. The van der Waals surface area contributed by atoms with Gasteiger partial charge in [-0.1, -0.05) is 0 Å². The Kier molecular flexibility index (Phi) is 15.3. The van der Waals surface area contributed by atoms with Gasteiger partial charge in [0.05, 0.1) is 5.75 Å². The number of sulfonamides is 1. The summed E-state index contributed by atoms with van der Waals surface area (Å²) in [6.07, 6.45) is 1.62. The van der Waals surface area contributed by atoms with Crippen molar-refractivity contribution in [1.82, 2.24) is 15.4 Å². The third kappa shape index (κ3) is 12.9. The van der Waals surface area contributed by atoms with Crippen LogP contribution in [0.4, 0.5) is 0 Å². The minimum absolute atomic E-state index is 0. The lowest BCUT2D eigenvalue weighted by atomic mass is 10.4. The maximum Gasteiger partial charge on any atom is 0.211 e. The summed E-state index contributed by atoms with van der Waals surface area (Å²) in [4.78, 5) is 4.06. The quantitative estimate of drug-likeness (QED) is 0.202. The van der Waals surface area contributed by atoms with E-state index in [1.54, 1.807) is 21.1 Å². The van der Waals surface area contributed by atoms with Crippen LogP contribution in [0.2, 0.25) is 0 Å². The molecule has 0 saturated heterocycles. The minimum atomic E-state index is -3.08. The molecule has 0 rings (SSSR count). The Bertz CT molecular complexity index is 350. The minimum Gasteiger partial charge on any atom is -0.385 e. The van der Waals surface area contributed by atoms with Gasteiger partial charge in [0.1, 0.15) is 0 Å². The number of guanidine groups is 1. The molecule has 0 aromatic rings. The third-order valence-electron chi connectivity index (χ3n) is 2.39. The average Bonchev–Trinajstić information content (AvgIpc) is 2.40. The highest BCUT2D eigenvalue weighted by Crippen LogP contribution is 1.84. The van der Waals surface area contributed by atoms with Crippen LogP contribution in [0.15, 0.2) is 4.99 Å². The first-order valence-electron chi connectivity index (χ1n) is 6.46. The number of ether oxygens (including phenoxy) is 1. The summed E-state index contributed by atoms with van der Waals surface area (Å²) in [6, 6.07) is 0. The van der Waals surface area contributed by atoms with Crippen molar-refractivity contribution < 1.29 is 13.2 Å². The molecular formula is C11H27IN4O3S. The van der Waals surface area contributed by atoms with Crippen LogP contribution in [-0.4, -0.2) is 60.5 Å². The number of aliphatic imine (C=N–C) groups is 1. The summed E-state index contributed by atoms with van der Waals surface area (Å²) < 4.78 is 29.8. The summed E-state index contributed by atoms with van der Waals surface area (Å²) in [5.41, 5.74) is 0. The van der Waals surface area contributed by atoms with Gasteiger partial charge in [-0.2, -0.15) is 0 Å². The summed E-state index contributed by atoms with van der Waals surface area (Å²) in [5, 5.41) is 6.26. The molecule has 0 atom stereocenters. The molecule has 20 heavy (non-hydrogen) atoms. The van der Waals surface area contributed by atoms with Crippen molar-refractivity contribution in [3.8, 4) is 0 Å². The fourth-order valence-corrected chi connectivity index (χ4v) is 1.93. The van der Waals surface area contributed by atoms with Gasteiger partial charge < -0.3 is 15.4 Å². The van der Waals surface area contributed by atoms with E-state index in [0.717, 1.165) is 18.9 Å². The van der Waals surface area contributed by atoms with Gasteiger partial charge >= 0.3 is 0 Å². The van der Waals surface area contributed by atoms with E-state index < -0.39 is 10.0 Å². The van der Waals surface area contributed by atoms with Gasteiger partial charge in [-0.05, 0) is 19.8 Å². The first-order chi connectivity index (χ1) is 9.05. The van der Waals surface area contributed by atoms with Gasteiger partial charge in [0.15, 0.2) is 5.96 Å². The smallest absolute Gasteiger partial charge is 0.211 e. The maximum atomic E-state index is 11.2. The SMILES string of the molecule is CCS(=O)(=O)NCCCNC(=NC)NCCCOC.I. The van der Waals surface area contributed by atoms with Crippen LogP contribution >= 0.6 is 24.0 Å². The van der Waals surface area contributed by atoms with E-state index in [0.29, 0.717) is 26.1 Å². The number of halogens is 1. The van der Waals surface area contributed by atoms with E-state index in [9.17, 15) is 8.42 Å². The number of hydrogen-bond donors (Lipinski definition) is 3. The van der Waals surface area contributed by atoms with Crippen molar-refractivity contribution in [2.24, 2.45) is 4.99 Å². The topological polar surface area (TPSA) is 91.8 Å². The number of nitrogens with zero attached hydrogens (tertiary/aromatic N) is 1. The second-order valence-corrected chi connectivity index (χ2v) is 6.02. The van der Waals surface area contributed by atoms with Crippen molar-refractivity contribution >= 4 is 40.0 Å². The second-order valence-electron chi connectivity index (χ2n) is 3.92. The number of nitrogens with one attached hydrogen (secondary N) is 3. The molecule has 0 aliphatic rings. The standard InChI is InChI=1S/C11H26N4O3S.HI/c1-4-19(16,17)15-9-5-7-13-11(12-2)14-8-6-10-18-3;/h15H,4-10H2,1-3H3,(H2,12,13,14);1H. The van der Waals surface area contributed by atoms with Gasteiger partial charge in [-0.15, -0.1) is 24.0 Å². The molecular weight excluding hydrogens is 395 g/mol. The van der Waals surface area contributed by atoms with Gasteiger partial charge in [0.25, 0.3) is 0 Å². The summed E-state index contributed by atoms with van der Waals surface area (Å²) in [7, 11) is 0.287. The van der Waals surface area contributed by atoms with Crippen molar-refractivity contribution in [2.45, 2.75) is 19.8 Å². The van der Waals surface area contributed by atoms with E-state index in [1.165, 1.54) is 0 Å². The van der Waals surface area contributed by atoms with E-state index in [-0.39, 0.29) is 29.7 Å². The Labute approximate surface area is 139 Å². The van der Waals surface area contributed by atoms with Crippen LogP contribution in [-0.2, 0) is 14.8 Å². The van der Waals surface area contributed by atoms with Crippen molar-refractivity contribution in [3.63, 3.8) is 0 Å². The molecule has 122 valence electrons. The lowest BCUT2D eigenvalue weighted by Gasteiger charge is -2.11. The van der Waals surface area contributed by atoms with Gasteiger partial charge in [0.2, 0.25) is 10.0 Å². The lowest BCUT2D eigenvalue weighted by Crippen LogP contribution is -2.39. The fourth-order valence-electron chi connectivity index (χ4n) is 1.27. The fraction of sp³-hybridized carbons (Fsp3) is 0.909. The summed E-state index contributed by atoms with van der Waals surface area (Å²) >= 11 is 0. The number of rotatable bonds is 10. The van der Waals surface area contributed by atoms with Crippen LogP contribution in [0.5, 0.6) is 0 Å². The third-order valence-corrected chi connectivity index (χ3v) is 3.79. The molecule has 0 spiro atoms. The molecule has 0 aromatic carbocycles. The maximum absolute atomic E-state index is 11.2.